The maximum absolute atomic E-state index is 12.4. The molecule has 0 aliphatic carbocycles. The minimum absolute atomic E-state index is 0.198. The average molecular weight is 398 g/mol. The quantitative estimate of drug-likeness (QED) is 0.453. The number of carbonyl (C=O) groups excluding carboxylic acids is 1. The first-order chi connectivity index (χ1) is 12.3. The van der Waals surface area contributed by atoms with Gasteiger partial charge in [0.25, 0.3) is 0 Å². The standard InChI is InChI=1S/C18H27N3O3S2/c1-5-6-11-21-17-10-9-15(26(23,24)20(3)4)13-16(17)19-18(21)25-12-7-8-14(2)22/h9-10,13H,5-8,11-12H2,1-4H3. The Balaban J connectivity index is 2.35. The summed E-state index contributed by atoms with van der Waals surface area (Å²) in [5.41, 5.74) is 1.64. The molecule has 6 nitrogen and oxygen atoms in total. The fourth-order valence-corrected chi connectivity index (χ4v) is 4.49. The SMILES string of the molecule is CCCCn1c(SCCCC(C)=O)nc2cc(S(=O)(=O)N(C)C)ccc21. The molecule has 0 fully saturated rings. The molecular weight excluding hydrogens is 370 g/mol. The van der Waals surface area contributed by atoms with E-state index in [2.05, 4.69) is 16.5 Å². The first-order valence-electron chi connectivity index (χ1n) is 8.82. The van der Waals surface area contributed by atoms with E-state index in [-0.39, 0.29) is 10.7 Å². The van der Waals surface area contributed by atoms with Gasteiger partial charge >= 0.3 is 0 Å². The lowest BCUT2D eigenvalue weighted by atomic mass is 10.3. The molecule has 1 heterocycles. The number of benzene rings is 1. The number of sulfonamides is 1. The van der Waals surface area contributed by atoms with Crippen molar-refractivity contribution in [2.45, 2.75) is 56.1 Å². The van der Waals surface area contributed by atoms with E-state index in [0.717, 1.165) is 42.2 Å². The summed E-state index contributed by atoms with van der Waals surface area (Å²) in [4.78, 5) is 16.0. The Bertz CT molecular complexity index is 873. The largest absolute Gasteiger partial charge is 0.319 e. The van der Waals surface area contributed by atoms with Gasteiger partial charge in [-0.1, -0.05) is 25.1 Å². The Kier molecular flexibility index (Phi) is 7.25. The van der Waals surface area contributed by atoms with Gasteiger partial charge in [-0.2, -0.15) is 0 Å². The van der Waals surface area contributed by atoms with Crippen LogP contribution < -0.4 is 0 Å². The van der Waals surface area contributed by atoms with E-state index in [0.29, 0.717) is 11.9 Å². The summed E-state index contributed by atoms with van der Waals surface area (Å²) in [5, 5.41) is 0.886. The van der Waals surface area contributed by atoms with Crippen LogP contribution in [-0.4, -0.2) is 47.9 Å². The molecule has 144 valence electrons. The van der Waals surface area contributed by atoms with Crippen molar-refractivity contribution < 1.29 is 13.2 Å². The number of ketones is 1. The molecule has 1 aromatic carbocycles. The minimum atomic E-state index is -3.48. The summed E-state index contributed by atoms with van der Waals surface area (Å²) in [6.07, 6.45) is 3.50. The molecule has 2 aromatic rings. The van der Waals surface area contributed by atoms with Crippen LogP contribution in [0.1, 0.15) is 39.5 Å². The van der Waals surface area contributed by atoms with Crippen LogP contribution in [0, 0.1) is 0 Å². The zero-order valence-corrected chi connectivity index (χ0v) is 17.5. The molecule has 0 unspecified atom stereocenters. The van der Waals surface area contributed by atoms with Gasteiger partial charge in [0.2, 0.25) is 10.0 Å². The van der Waals surface area contributed by atoms with E-state index in [9.17, 15) is 13.2 Å². The molecule has 0 saturated carbocycles. The van der Waals surface area contributed by atoms with Crippen molar-refractivity contribution in [3.8, 4) is 0 Å². The van der Waals surface area contributed by atoms with Crippen LogP contribution in [0.3, 0.4) is 0 Å². The van der Waals surface area contributed by atoms with Crippen LogP contribution in [0.15, 0.2) is 28.3 Å². The summed E-state index contributed by atoms with van der Waals surface area (Å²) < 4.78 is 28.1. The van der Waals surface area contributed by atoms with Gasteiger partial charge in [-0.25, -0.2) is 17.7 Å². The van der Waals surface area contributed by atoms with Gasteiger partial charge in [0, 0.05) is 32.8 Å². The highest BCUT2D eigenvalue weighted by molar-refractivity contribution is 7.99. The summed E-state index contributed by atoms with van der Waals surface area (Å²) in [6, 6.07) is 5.13. The first-order valence-corrected chi connectivity index (χ1v) is 11.2. The fraction of sp³-hybridized carbons (Fsp3) is 0.556. The number of unbranched alkanes of at least 4 members (excludes halogenated alkanes) is 1. The van der Waals surface area contributed by atoms with Gasteiger partial charge in [0.15, 0.2) is 5.16 Å². The molecule has 0 atom stereocenters. The maximum atomic E-state index is 12.4. The lowest BCUT2D eigenvalue weighted by molar-refractivity contribution is -0.117. The predicted octanol–water partition coefficient (Wildman–Crippen LogP) is 3.55. The van der Waals surface area contributed by atoms with Gasteiger partial charge < -0.3 is 9.36 Å². The normalized spacial score (nSPS) is 12.2. The van der Waals surface area contributed by atoms with E-state index < -0.39 is 10.0 Å². The van der Waals surface area contributed by atoms with E-state index >= 15 is 0 Å². The number of imidazole rings is 1. The number of fused-ring (bicyclic) bond motifs is 1. The molecule has 0 saturated heterocycles. The Hall–Kier alpha value is -1.38. The summed E-state index contributed by atoms with van der Waals surface area (Å²) >= 11 is 1.62. The lowest BCUT2D eigenvalue weighted by Gasteiger charge is -2.11. The molecule has 0 bridgehead atoms. The Morgan fingerprint density at radius 1 is 1.27 bits per heavy atom. The molecule has 0 aliphatic rings. The molecule has 0 amide bonds. The van der Waals surface area contributed by atoms with E-state index in [1.54, 1.807) is 30.8 Å². The van der Waals surface area contributed by atoms with Crippen molar-refractivity contribution >= 4 is 38.6 Å². The summed E-state index contributed by atoms with van der Waals surface area (Å²) in [5.74, 6) is 1.02. The Morgan fingerprint density at radius 3 is 2.62 bits per heavy atom. The van der Waals surface area contributed by atoms with E-state index in [4.69, 9.17) is 0 Å². The third-order valence-corrected chi connectivity index (χ3v) is 6.98. The number of aryl methyl sites for hydroxylation is 1. The van der Waals surface area contributed by atoms with Crippen molar-refractivity contribution in [2.75, 3.05) is 19.8 Å². The van der Waals surface area contributed by atoms with E-state index in [1.807, 2.05) is 6.07 Å². The number of hydrogen-bond acceptors (Lipinski definition) is 5. The Morgan fingerprint density at radius 2 is 2.00 bits per heavy atom. The fourth-order valence-electron chi connectivity index (χ4n) is 2.59. The molecular formula is C18H27N3O3S2. The highest BCUT2D eigenvalue weighted by atomic mass is 32.2. The highest BCUT2D eigenvalue weighted by Crippen LogP contribution is 2.28. The first kappa shape index (κ1) is 20.9. The van der Waals surface area contributed by atoms with Crippen LogP contribution in [0.2, 0.25) is 0 Å². The van der Waals surface area contributed by atoms with Crippen LogP contribution in [0.4, 0.5) is 0 Å². The third-order valence-electron chi connectivity index (χ3n) is 4.10. The molecule has 26 heavy (non-hydrogen) atoms. The molecule has 0 N–H and O–H groups in total. The average Bonchev–Trinajstić information content (AvgIpc) is 2.93. The number of hydrogen-bond donors (Lipinski definition) is 0. The van der Waals surface area contributed by atoms with Gasteiger partial charge in [-0.3, -0.25) is 0 Å². The zero-order valence-electron chi connectivity index (χ0n) is 15.9. The predicted molar refractivity (Wildman–Crippen MR) is 106 cm³/mol. The topological polar surface area (TPSA) is 72.3 Å². The van der Waals surface area contributed by atoms with Crippen molar-refractivity contribution in [3.05, 3.63) is 18.2 Å². The zero-order chi connectivity index (χ0) is 19.3. The van der Waals surface area contributed by atoms with Crippen LogP contribution >= 0.6 is 11.8 Å². The van der Waals surface area contributed by atoms with Crippen LogP contribution in [0.5, 0.6) is 0 Å². The maximum Gasteiger partial charge on any atom is 0.242 e. The van der Waals surface area contributed by atoms with E-state index in [1.165, 1.54) is 18.4 Å². The van der Waals surface area contributed by atoms with Crippen molar-refractivity contribution in [2.24, 2.45) is 0 Å². The molecule has 0 radical (unpaired) electrons. The monoisotopic (exact) mass is 397 g/mol. The third kappa shape index (κ3) is 4.86. The lowest BCUT2D eigenvalue weighted by Crippen LogP contribution is -2.22. The van der Waals surface area contributed by atoms with Crippen molar-refractivity contribution in [1.82, 2.24) is 13.9 Å². The Labute approximate surface area is 160 Å². The number of nitrogens with zero attached hydrogens (tertiary/aromatic N) is 3. The van der Waals surface area contributed by atoms with Crippen LogP contribution in [0.25, 0.3) is 11.0 Å². The molecule has 8 heteroatoms. The van der Waals surface area contributed by atoms with Gasteiger partial charge in [-0.15, -0.1) is 0 Å². The number of Topliss-reactive ketones (excluding diaryl/α,β-unsaturated/α-hetero) is 1. The second-order valence-electron chi connectivity index (χ2n) is 6.49. The number of aromatic nitrogens is 2. The number of carbonyl (C=O) groups is 1. The molecule has 0 aliphatic heterocycles. The van der Waals surface area contributed by atoms with Gasteiger partial charge in [0.1, 0.15) is 5.78 Å². The van der Waals surface area contributed by atoms with Crippen molar-refractivity contribution in [3.63, 3.8) is 0 Å². The van der Waals surface area contributed by atoms with Gasteiger partial charge in [0.05, 0.1) is 15.9 Å². The smallest absolute Gasteiger partial charge is 0.242 e. The van der Waals surface area contributed by atoms with Crippen LogP contribution in [-0.2, 0) is 21.4 Å². The highest BCUT2D eigenvalue weighted by Gasteiger charge is 2.19. The summed E-state index contributed by atoms with van der Waals surface area (Å²) in [7, 11) is -0.433. The second-order valence-corrected chi connectivity index (χ2v) is 9.71. The molecule has 2 rings (SSSR count). The number of rotatable bonds is 10. The van der Waals surface area contributed by atoms with Crippen molar-refractivity contribution in [1.29, 1.82) is 0 Å². The minimum Gasteiger partial charge on any atom is -0.319 e. The molecule has 0 spiro atoms. The number of thioether (sulfide) groups is 1. The second kappa shape index (κ2) is 9.01. The molecule has 1 aromatic heterocycles. The summed E-state index contributed by atoms with van der Waals surface area (Å²) in [6.45, 7) is 4.59. The van der Waals surface area contributed by atoms with Gasteiger partial charge in [-0.05, 0) is 38.0 Å².